The fourth-order valence-electron chi connectivity index (χ4n) is 5.08. The second-order valence-electron chi connectivity index (χ2n) is 9.78. The van der Waals surface area contributed by atoms with Crippen LogP contribution in [-0.2, 0) is 6.54 Å². The van der Waals surface area contributed by atoms with E-state index in [-0.39, 0.29) is 18.0 Å². The molecular weight excluding hydrogens is 500 g/mol. The number of benzene rings is 2. The van der Waals surface area contributed by atoms with Gasteiger partial charge in [-0.15, -0.1) is 11.3 Å². The summed E-state index contributed by atoms with van der Waals surface area (Å²) in [5, 5.41) is 15.2. The van der Waals surface area contributed by atoms with Crippen molar-refractivity contribution in [3.05, 3.63) is 75.4 Å². The second kappa shape index (κ2) is 11.7. The summed E-state index contributed by atoms with van der Waals surface area (Å²) >= 11 is 1.28. The summed E-state index contributed by atoms with van der Waals surface area (Å²) in [6.07, 6.45) is -0.00191. The summed E-state index contributed by atoms with van der Waals surface area (Å²) in [7, 11) is 3.63. The Kier molecular flexibility index (Phi) is 8.09. The molecule has 0 saturated carbocycles. The van der Waals surface area contributed by atoms with Crippen molar-refractivity contribution < 1.29 is 14.6 Å². The quantitative estimate of drug-likeness (QED) is 0.321. The fourth-order valence-corrected chi connectivity index (χ4v) is 6.29. The topological polar surface area (TPSA) is 87.0 Å². The van der Waals surface area contributed by atoms with E-state index in [1.165, 1.54) is 18.4 Å². The highest BCUT2D eigenvalue weighted by molar-refractivity contribution is 7.22. The van der Waals surface area contributed by atoms with Crippen LogP contribution in [0.2, 0.25) is 0 Å². The number of hydrogen-bond donors (Lipinski definition) is 2. The van der Waals surface area contributed by atoms with E-state index in [0.29, 0.717) is 28.1 Å². The van der Waals surface area contributed by atoms with E-state index in [2.05, 4.69) is 22.2 Å². The van der Waals surface area contributed by atoms with Gasteiger partial charge in [0.2, 0.25) is 0 Å². The lowest BCUT2D eigenvalue weighted by Gasteiger charge is -2.32. The van der Waals surface area contributed by atoms with Gasteiger partial charge < -0.3 is 29.5 Å². The molecule has 4 aromatic rings. The third-order valence-corrected chi connectivity index (χ3v) is 8.45. The molecule has 0 bridgehead atoms. The Hall–Kier alpha value is -3.24. The van der Waals surface area contributed by atoms with E-state index in [0.717, 1.165) is 54.8 Å². The largest absolute Gasteiger partial charge is 0.494 e. The van der Waals surface area contributed by atoms with Crippen molar-refractivity contribution in [2.24, 2.45) is 0 Å². The van der Waals surface area contributed by atoms with E-state index >= 15 is 0 Å². The van der Waals surface area contributed by atoms with Crippen LogP contribution in [0, 0.1) is 0 Å². The minimum absolute atomic E-state index is 0.0894. The number of amides is 1. The normalized spacial score (nSPS) is 15.7. The van der Waals surface area contributed by atoms with Crippen LogP contribution >= 0.6 is 11.3 Å². The van der Waals surface area contributed by atoms with Gasteiger partial charge in [0.25, 0.3) is 11.5 Å². The first-order chi connectivity index (χ1) is 18.5. The van der Waals surface area contributed by atoms with Crippen LogP contribution in [0.5, 0.6) is 5.75 Å². The number of hydrogen-bond acceptors (Lipinski definition) is 7. The molecule has 1 atom stereocenters. The first kappa shape index (κ1) is 26.4. The van der Waals surface area contributed by atoms with Crippen LogP contribution in [0.4, 0.5) is 0 Å². The maximum atomic E-state index is 13.8. The molecule has 38 heavy (non-hydrogen) atoms. The molecule has 1 fully saturated rings. The lowest BCUT2D eigenvalue weighted by atomic mass is 10.1. The number of aliphatic hydroxyl groups excluding tert-OH is 1. The Bertz CT molecular complexity index is 1470. The molecule has 2 aromatic heterocycles. The maximum Gasteiger partial charge on any atom is 0.265 e. The molecule has 8 nitrogen and oxygen atoms in total. The molecular formula is C29H34N4O4S. The second-order valence-corrected chi connectivity index (χ2v) is 10.8. The van der Waals surface area contributed by atoms with Crippen molar-refractivity contribution >= 4 is 38.2 Å². The zero-order chi connectivity index (χ0) is 26.6. The van der Waals surface area contributed by atoms with Crippen molar-refractivity contribution in [2.75, 3.05) is 53.4 Å². The van der Waals surface area contributed by atoms with Crippen molar-refractivity contribution in [3.8, 4) is 5.75 Å². The average molecular weight is 535 g/mol. The van der Waals surface area contributed by atoms with E-state index in [1.807, 2.05) is 54.6 Å². The minimum Gasteiger partial charge on any atom is -0.494 e. The number of ether oxygens (including phenoxy) is 1. The van der Waals surface area contributed by atoms with Crippen molar-refractivity contribution in [1.29, 1.82) is 0 Å². The number of aromatic nitrogens is 1. The molecule has 3 heterocycles. The monoisotopic (exact) mass is 534 g/mol. The smallest absolute Gasteiger partial charge is 0.265 e. The van der Waals surface area contributed by atoms with E-state index in [4.69, 9.17) is 4.74 Å². The Morgan fingerprint density at radius 2 is 1.79 bits per heavy atom. The van der Waals surface area contributed by atoms with Gasteiger partial charge in [-0.1, -0.05) is 48.5 Å². The number of methoxy groups -OCH3 is 1. The SMILES string of the molecule is COc1c(C(=O)NCCCN2CCN(C)CC2)sc2c1c(=O)n(CC(O)c1ccccc1)c1ccccc21. The van der Waals surface area contributed by atoms with Gasteiger partial charge in [-0.25, -0.2) is 0 Å². The number of carbonyl (C=O) groups excluding carboxylic acids is 1. The molecule has 0 radical (unpaired) electrons. The van der Waals surface area contributed by atoms with Gasteiger partial charge in [-0.2, -0.15) is 0 Å². The van der Waals surface area contributed by atoms with Gasteiger partial charge in [0.15, 0.2) is 5.75 Å². The number of rotatable bonds is 9. The molecule has 1 amide bonds. The highest BCUT2D eigenvalue weighted by atomic mass is 32.1. The molecule has 2 N–H and O–H groups in total. The fraction of sp³-hybridized carbons (Fsp3) is 0.379. The Balaban J connectivity index is 1.42. The molecule has 9 heteroatoms. The lowest BCUT2D eigenvalue weighted by molar-refractivity contribution is 0.0951. The highest BCUT2D eigenvalue weighted by Crippen LogP contribution is 2.39. The maximum absolute atomic E-state index is 13.8. The molecule has 1 unspecified atom stereocenters. The minimum atomic E-state index is -0.859. The van der Waals surface area contributed by atoms with Crippen LogP contribution in [0.25, 0.3) is 21.0 Å². The van der Waals surface area contributed by atoms with Crippen LogP contribution in [0.3, 0.4) is 0 Å². The number of pyridine rings is 1. The van der Waals surface area contributed by atoms with Crippen LogP contribution in [0.1, 0.15) is 27.8 Å². The number of aliphatic hydroxyl groups is 1. The Labute approximate surface area is 226 Å². The summed E-state index contributed by atoms with van der Waals surface area (Å²) in [4.78, 5) is 32.2. The lowest BCUT2D eigenvalue weighted by Crippen LogP contribution is -2.45. The Morgan fingerprint density at radius 1 is 1.08 bits per heavy atom. The van der Waals surface area contributed by atoms with Crippen LogP contribution in [-0.4, -0.2) is 78.8 Å². The summed E-state index contributed by atoms with van der Waals surface area (Å²) in [5.41, 5.74) is 1.16. The third kappa shape index (κ3) is 5.33. The summed E-state index contributed by atoms with van der Waals surface area (Å²) < 4.78 is 7.97. The van der Waals surface area contributed by atoms with Gasteiger partial charge >= 0.3 is 0 Å². The molecule has 0 aliphatic carbocycles. The van der Waals surface area contributed by atoms with E-state index in [9.17, 15) is 14.7 Å². The number of likely N-dealkylation sites (N-methyl/N-ethyl adjacent to an activating group) is 1. The van der Waals surface area contributed by atoms with Gasteiger partial charge in [0.05, 0.1) is 30.0 Å². The summed E-state index contributed by atoms with van der Waals surface area (Å²) in [5.74, 6) is 0.0565. The average Bonchev–Trinajstić information content (AvgIpc) is 3.35. The Morgan fingerprint density at radius 3 is 2.53 bits per heavy atom. The van der Waals surface area contributed by atoms with E-state index < -0.39 is 6.10 Å². The number of piperazine rings is 1. The number of nitrogens with one attached hydrogen (secondary N) is 1. The third-order valence-electron chi connectivity index (χ3n) is 7.25. The first-order valence-electron chi connectivity index (χ1n) is 13.0. The molecule has 200 valence electrons. The molecule has 1 aliphatic rings. The predicted octanol–water partition coefficient (Wildman–Crippen LogP) is 3.33. The van der Waals surface area contributed by atoms with Gasteiger partial charge in [-0.3, -0.25) is 9.59 Å². The van der Waals surface area contributed by atoms with Gasteiger partial charge in [-0.05, 0) is 31.6 Å². The molecule has 2 aromatic carbocycles. The number of fused-ring (bicyclic) bond motifs is 3. The number of thiophene rings is 1. The van der Waals surface area contributed by atoms with Crippen molar-refractivity contribution in [3.63, 3.8) is 0 Å². The summed E-state index contributed by atoms with van der Waals surface area (Å²) in [6, 6.07) is 16.9. The predicted molar refractivity (Wildman–Crippen MR) is 152 cm³/mol. The van der Waals surface area contributed by atoms with Gasteiger partial charge in [0, 0.05) is 38.1 Å². The molecule has 1 aliphatic heterocycles. The highest BCUT2D eigenvalue weighted by Gasteiger charge is 2.25. The standard InChI is InChI=1S/C29H34N4O4S/c1-31-15-17-32(18-16-31)14-8-13-30-28(35)27-25(37-2)24-26(38-27)21-11-6-7-12-22(21)33(29(24)36)19-23(34)20-9-4-3-5-10-20/h3-7,9-12,23,34H,8,13-19H2,1-2H3,(H,30,35). The number of carbonyl (C=O) groups is 1. The van der Waals surface area contributed by atoms with E-state index in [1.54, 1.807) is 4.57 Å². The van der Waals surface area contributed by atoms with Crippen LogP contribution < -0.4 is 15.6 Å². The zero-order valence-electron chi connectivity index (χ0n) is 21.9. The summed E-state index contributed by atoms with van der Waals surface area (Å²) in [6.45, 7) is 5.82. The number of para-hydroxylation sites is 1. The van der Waals surface area contributed by atoms with Crippen molar-refractivity contribution in [2.45, 2.75) is 19.1 Å². The zero-order valence-corrected chi connectivity index (χ0v) is 22.7. The first-order valence-corrected chi connectivity index (χ1v) is 13.8. The molecule has 1 saturated heterocycles. The van der Waals surface area contributed by atoms with Crippen LogP contribution in [0.15, 0.2) is 59.4 Å². The van der Waals surface area contributed by atoms with Gasteiger partial charge in [0.1, 0.15) is 10.3 Å². The molecule has 5 rings (SSSR count). The number of nitrogens with zero attached hydrogens (tertiary/aromatic N) is 3. The molecule has 0 spiro atoms. The van der Waals surface area contributed by atoms with Crippen molar-refractivity contribution in [1.82, 2.24) is 19.7 Å².